The summed E-state index contributed by atoms with van der Waals surface area (Å²) in [5, 5.41) is 18.3. The van der Waals surface area contributed by atoms with E-state index in [9.17, 15) is 5.11 Å². The number of rotatable bonds is 5. The lowest BCUT2D eigenvalue weighted by molar-refractivity contribution is 0.117. The van der Waals surface area contributed by atoms with E-state index in [-0.39, 0.29) is 6.61 Å². The summed E-state index contributed by atoms with van der Waals surface area (Å²) in [6.07, 6.45) is 7.90. The SMILES string of the molecule is N#Cc1ncccc1CN(CCO)C1CCCCC1. The Morgan fingerprint density at radius 3 is 2.84 bits per heavy atom. The third-order valence-corrected chi connectivity index (χ3v) is 3.85. The fourth-order valence-electron chi connectivity index (χ4n) is 2.85. The van der Waals surface area contributed by atoms with Crippen molar-refractivity contribution in [2.75, 3.05) is 13.2 Å². The molecule has 0 atom stereocenters. The first-order valence-corrected chi connectivity index (χ1v) is 7.04. The van der Waals surface area contributed by atoms with Crippen molar-refractivity contribution < 1.29 is 5.11 Å². The highest BCUT2D eigenvalue weighted by molar-refractivity contribution is 5.30. The van der Waals surface area contributed by atoms with Gasteiger partial charge >= 0.3 is 0 Å². The fraction of sp³-hybridized carbons (Fsp3) is 0.600. The van der Waals surface area contributed by atoms with Gasteiger partial charge in [-0.05, 0) is 18.9 Å². The van der Waals surface area contributed by atoms with Gasteiger partial charge in [-0.2, -0.15) is 5.26 Å². The molecule has 2 rings (SSSR count). The van der Waals surface area contributed by atoms with Crippen molar-refractivity contribution in [3.05, 3.63) is 29.6 Å². The number of nitrogens with zero attached hydrogens (tertiary/aromatic N) is 3. The number of aliphatic hydroxyl groups is 1. The average molecular weight is 259 g/mol. The van der Waals surface area contributed by atoms with E-state index in [0.717, 1.165) is 5.56 Å². The van der Waals surface area contributed by atoms with Gasteiger partial charge in [0.15, 0.2) is 0 Å². The Kier molecular flexibility index (Phi) is 5.31. The van der Waals surface area contributed by atoms with Gasteiger partial charge in [0.2, 0.25) is 0 Å². The molecule has 4 nitrogen and oxygen atoms in total. The van der Waals surface area contributed by atoms with Crippen molar-refractivity contribution in [3.8, 4) is 6.07 Å². The summed E-state index contributed by atoms with van der Waals surface area (Å²) in [5.74, 6) is 0. The Balaban J connectivity index is 2.09. The van der Waals surface area contributed by atoms with Crippen LogP contribution in [0.2, 0.25) is 0 Å². The highest BCUT2D eigenvalue weighted by atomic mass is 16.3. The van der Waals surface area contributed by atoms with Crippen LogP contribution in [0.5, 0.6) is 0 Å². The van der Waals surface area contributed by atoms with Gasteiger partial charge in [0, 0.05) is 30.9 Å². The molecule has 0 aromatic carbocycles. The maximum atomic E-state index is 9.25. The van der Waals surface area contributed by atoms with Gasteiger partial charge in [0.25, 0.3) is 0 Å². The standard InChI is InChI=1S/C15H21N3O/c16-11-15-13(5-4-8-17-15)12-18(9-10-19)14-6-2-1-3-7-14/h4-5,8,14,19H,1-3,6-7,9-10,12H2. The van der Waals surface area contributed by atoms with E-state index in [4.69, 9.17) is 5.26 Å². The average Bonchev–Trinajstić information content (AvgIpc) is 2.48. The number of nitriles is 1. The smallest absolute Gasteiger partial charge is 0.144 e. The molecule has 1 aromatic rings. The van der Waals surface area contributed by atoms with E-state index < -0.39 is 0 Å². The summed E-state index contributed by atoms with van der Waals surface area (Å²) in [7, 11) is 0. The Labute approximate surface area is 114 Å². The summed E-state index contributed by atoms with van der Waals surface area (Å²) in [5.41, 5.74) is 1.46. The fourth-order valence-corrected chi connectivity index (χ4v) is 2.85. The van der Waals surface area contributed by atoms with Crippen molar-refractivity contribution in [1.29, 1.82) is 5.26 Å². The Bertz CT molecular complexity index is 435. The molecule has 102 valence electrons. The third kappa shape index (κ3) is 3.76. The highest BCUT2D eigenvalue weighted by Crippen LogP contribution is 2.24. The largest absolute Gasteiger partial charge is 0.395 e. The maximum Gasteiger partial charge on any atom is 0.144 e. The minimum atomic E-state index is 0.165. The second-order valence-electron chi connectivity index (χ2n) is 5.11. The van der Waals surface area contributed by atoms with Gasteiger partial charge in [-0.15, -0.1) is 0 Å². The van der Waals surface area contributed by atoms with Crippen molar-refractivity contribution in [2.45, 2.75) is 44.7 Å². The van der Waals surface area contributed by atoms with Crippen molar-refractivity contribution in [2.24, 2.45) is 0 Å². The van der Waals surface area contributed by atoms with Crippen LogP contribution >= 0.6 is 0 Å². The predicted octanol–water partition coefficient (Wildman–Crippen LogP) is 2.08. The Morgan fingerprint density at radius 2 is 2.16 bits per heavy atom. The van der Waals surface area contributed by atoms with E-state index in [0.29, 0.717) is 24.8 Å². The molecule has 4 heteroatoms. The highest BCUT2D eigenvalue weighted by Gasteiger charge is 2.21. The first-order chi connectivity index (χ1) is 9.35. The lowest BCUT2D eigenvalue weighted by atomic mass is 9.94. The normalized spacial score (nSPS) is 16.5. The quantitative estimate of drug-likeness (QED) is 0.879. The molecular weight excluding hydrogens is 238 g/mol. The van der Waals surface area contributed by atoms with Crippen LogP contribution in [-0.2, 0) is 6.54 Å². The molecule has 0 amide bonds. The molecule has 0 radical (unpaired) electrons. The topological polar surface area (TPSA) is 60.2 Å². The van der Waals surface area contributed by atoms with Crippen LogP contribution in [0.3, 0.4) is 0 Å². The van der Waals surface area contributed by atoms with E-state index in [2.05, 4.69) is 16.0 Å². The molecule has 1 heterocycles. The Hall–Kier alpha value is -1.44. The van der Waals surface area contributed by atoms with Crippen LogP contribution in [0, 0.1) is 11.3 Å². The van der Waals surface area contributed by atoms with Gasteiger partial charge in [-0.1, -0.05) is 25.3 Å². The van der Waals surface area contributed by atoms with E-state index in [1.807, 2.05) is 12.1 Å². The monoisotopic (exact) mass is 259 g/mol. The van der Waals surface area contributed by atoms with E-state index >= 15 is 0 Å². The maximum absolute atomic E-state index is 9.25. The first-order valence-electron chi connectivity index (χ1n) is 7.04. The van der Waals surface area contributed by atoms with Gasteiger partial charge in [0.05, 0.1) is 6.61 Å². The molecule has 1 aliphatic carbocycles. The minimum Gasteiger partial charge on any atom is -0.395 e. The number of hydrogen-bond acceptors (Lipinski definition) is 4. The Morgan fingerprint density at radius 1 is 1.37 bits per heavy atom. The zero-order valence-electron chi connectivity index (χ0n) is 11.3. The molecule has 0 aliphatic heterocycles. The number of pyridine rings is 1. The number of aliphatic hydroxyl groups excluding tert-OH is 1. The summed E-state index contributed by atoms with van der Waals surface area (Å²) in [6, 6.07) is 6.51. The molecule has 19 heavy (non-hydrogen) atoms. The molecule has 1 fully saturated rings. The van der Waals surface area contributed by atoms with Crippen LogP contribution in [-0.4, -0.2) is 34.2 Å². The molecule has 1 N–H and O–H groups in total. The van der Waals surface area contributed by atoms with E-state index in [1.54, 1.807) is 6.20 Å². The zero-order chi connectivity index (χ0) is 13.5. The van der Waals surface area contributed by atoms with Gasteiger partial charge in [-0.25, -0.2) is 4.98 Å². The molecule has 0 saturated heterocycles. The van der Waals surface area contributed by atoms with Gasteiger partial charge in [-0.3, -0.25) is 4.90 Å². The molecule has 0 unspecified atom stereocenters. The van der Waals surface area contributed by atoms with Crippen LogP contribution < -0.4 is 0 Å². The molecule has 0 bridgehead atoms. The molecule has 0 spiro atoms. The second-order valence-corrected chi connectivity index (χ2v) is 5.11. The first kappa shape index (κ1) is 14.0. The number of aromatic nitrogens is 1. The van der Waals surface area contributed by atoms with Crippen LogP contribution in [0.25, 0.3) is 0 Å². The summed E-state index contributed by atoms with van der Waals surface area (Å²) >= 11 is 0. The lowest BCUT2D eigenvalue weighted by Crippen LogP contribution is -2.38. The zero-order valence-corrected chi connectivity index (χ0v) is 11.3. The van der Waals surface area contributed by atoms with Gasteiger partial charge in [0.1, 0.15) is 11.8 Å². The second kappa shape index (κ2) is 7.22. The van der Waals surface area contributed by atoms with Crippen LogP contribution in [0.15, 0.2) is 18.3 Å². The lowest BCUT2D eigenvalue weighted by Gasteiger charge is -2.34. The van der Waals surface area contributed by atoms with Gasteiger partial charge < -0.3 is 5.11 Å². The van der Waals surface area contributed by atoms with Crippen molar-refractivity contribution in [3.63, 3.8) is 0 Å². The number of hydrogen-bond donors (Lipinski definition) is 1. The summed E-state index contributed by atoms with van der Waals surface area (Å²) in [4.78, 5) is 6.41. The molecule has 1 saturated carbocycles. The van der Waals surface area contributed by atoms with Crippen LogP contribution in [0.4, 0.5) is 0 Å². The van der Waals surface area contributed by atoms with Crippen LogP contribution in [0.1, 0.15) is 43.4 Å². The molecule has 1 aromatic heterocycles. The van der Waals surface area contributed by atoms with Crippen molar-refractivity contribution >= 4 is 0 Å². The van der Waals surface area contributed by atoms with Crippen molar-refractivity contribution in [1.82, 2.24) is 9.88 Å². The molecule has 1 aliphatic rings. The summed E-state index contributed by atoms with van der Waals surface area (Å²) < 4.78 is 0. The van der Waals surface area contributed by atoms with E-state index in [1.165, 1.54) is 32.1 Å². The predicted molar refractivity (Wildman–Crippen MR) is 73.3 cm³/mol. The summed E-state index contributed by atoms with van der Waals surface area (Å²) in [6.45, 7) is 1.55. The molecular formula is C15H21N3O. The third-order valence-electron chi connectivity index (χ3n) is 3.85. The minimum absolute atomic E-state index is 0.165.